The van der Waals surface area contributed by atoms with Crippen molar-refractivity contribution in [2.24, 2.45) is 0 Å². The van der Waals surface area contributed by atoms with Gasteiger partial charge in [0.15, 0.2) is 5.13 Å². The second-order valence-corrected chi connectivity index (χ2v) is 6.44. The monoisotopic (exact) mass is 258 g/mol. The number of nitrogens with zero attached hydrogens (tertiary/aromatic N) is 1. The maximum atomic E-state index is 5.66. The lowest BCUT2D eigenvalue weighted by Gasteiger charge is -2.07. The molecule has 1 aromatic heterocycles. The van der Waals surface area contributed by atoms with Crippen molar-refractivity contribution in [2.45, 2.75) is 42.9 Å². The van der Waals surface area contributed by atoms with Crippen molar-refractivity contribution in [3.8, 4) is 0 Å². The lowest BCUT2D eigenvalue weighted by Crippen LogP contribution is -2.04. The average molecular weight is 258 g/mol. The van der Waals surface area contributed by atoms with E-state index in [9.17, 15) is 0 Å². The molecule has 90 valence electrons. The highest BCUT2D eigenvalue weighted by Gasteiger charge is 2.14. The van der Waals surface area contributed by atoms with Gasteiger partial charge in [0.05, 0.1) is 16.0 Å². The van der Waals surface area contributed by atoms with Crippen molar-refractivity contribution in [3.05, 3.63) is 5.69 Å². The average Bonchev–Trinajstić information content (AvgIpc) is 2.84. The van der Waals surface area contributed by atoms with Gasteiger partial charge in [-0.1, -0.05) is 11.3 Å². The van der Waals surface area contributed by atoms with E-state index < -0.39 is 0 Å². The summed E-state index contributed by atoms with van der Waals surface area (Å²) in [5.74, 6) is 1.14. The largest absolute Gasteiger partial charge is 0.378 e. The molecule has 2 heterocycles. The summed E-state index contributed by atoms with van der Waals surface area (Å²) in [6.07, 6.45) is 5.42. The van der Waals surface area contributed by atoms with Crippen LogP contribution in [-0.4, -0.2) is 23.4 Å². The lowest BCUT2D eigenvalue weighted by atomic mass is 10.1. The van der Waals surface area contributed by atoms with Crippen molar-refractivity contribution in [1.29, 1.82) is 0 Å². The van der Waals surface area contributed by atoms with E-state index in [1.54, 1.807) is 11.3 Å². The Hall–Kier alpha value is -0.260. The minimum absolute atomic E-state index is 0.522. The molecule has 0 spiro atoms. The first kappa shape index (κ1) is 12.2. The van der Waals surface area contributed by atoms with Gasteiger partial charge in [-0.3, -0.25) is 0 Å². The fourth-order valence-electron chi connectivity index (χ4n) is 1.88. The molecule has 1 fully saturated rings. The van der Waals surface area contributed by atoms with Gasteiger partial charge >= 0.3 is 0 Å². The van der Waals surface area contributed by atoms with Gasteiger partial charge in [-0.05, 0) is 38.4 Å². The number of rotatable bonds is 5. The van der Waals surface area contributed by atoms with Crippen LogP contribution in [0.1, 0.15) is 31.4 Å². The van der Waals surface area contributed by atoms with Crippen LogP contribution in [0.4, 0.5) is 5.13 Å². The van der Waals surface area contributed by atoms with Crippen LogP contribution in [-0.2, 0) is 4.74 Å². The molecule has 1 saturated heterocycles. The predicted octanol–water partition coefficient (Wildman–Crippen LogP) is 3.09. The molecule has 1 unspecified atom stereocenters. The van der Waals surface area contributed by atoms with Crippen LogP contribution < -0.4 is 5.73 Å². The molecule has 2 rings (SSSR count). The predicted molar refractivity (Wildman–Crippen MR) is 70.2 cm³/mol. The Morgan fingerprint density at radius 3 is 3.12 bits per heavy atom. The van der Waals surface area contributed by atoms with Crippen LogP contribution in [0.15, 0.2) is 4.21 Å². The summed E-state index contributed by atoms with van der Waals surface area (Å²) in [6.45, 7) is 2.98. The van der Waals surface area contributed by atoms with Gasteiger partial charge in [-0.15, -0.1) is 11.8 Å². The van der Waals surface area contributed by atoms with E-state index in [1.165, 1.54) is 29.9 Å². The fourth-order valence-corrected chi connectivity index (χ4v) is 3.94. The molecule has 0 amide bonds. The molecule has 16 heavy (non-hydrogen) atoms. The Balaban J connectivity index is 1.65. The molecule has 1 aliphatic rings. The minimum atomic E-state index is 0.522. The molecule has 5 heteroatoms. The van der Waals surface area contributed by atoms with Gasteiger partial charge in [0.2, 0.25) is 0 Å². The molecule has 0 saturated carbocycles. The molecule has 0 aromatic carbocycles. The fraction of sp³-hybridized carbons (Fsp3) is 0.727. The SMILES string of the molecule is Cc1nc(N)sc1SCCCC1CCCO1. The van der Waals surface area contributed by atoms with E-state index in [2.05, 4.69) is 4.98 Å². The summed E-state index contributed by atoms with van der Waals surface area (Å²) < 4.78 is 6.86. The molecule has 1 atom stereocenters. The number of aryl methyl sites for hydroxylation is 1. The number of ether oxygens (including phenoxy) is 1. The van der Waals surface area contributed by atoms with Crippen molar-refractivity contribution in [3.63, 3.8) is 0 Å². The number of aromatic nitrogens is 1. The lowest BCUT2D eigenvalue weighted by molar-refractivity contribution is 0.104. The Morgan fingerprint density at radius 2 is 2.50 bits per heavy atom. The zero-order valence-corrected chi connectivity index (χ0v) is 11.2. The number of hydrogen-bond donors (Lipinski definition) is 1. The molecule has 2 N–H and O–H groups in total. The first-order chi connectivity index (χ1) is 7.75. The van der Waals surface area contributed by atoms with Crippen LogP contribution in [0.25, 0.3) is 0 Å². The Bertz CT molecular complexity index is 335. The number of nitrogens with two attached hydrogens (primary N) is 1. The highest BCUT2D eigenvalue weighted by Crippen LogP contribution is 2.31. The summed E-state index contributed by atoms with van der Waals surface area (Å²) >= 11 is 3.47. The van der Waals surface area contributed by atoms with E-state index in [-0.39, 0.29) is 0 Å². The van der Waals surface area contributed by atoms with Gasteiger partial charge in [0.1, 0.15) is 0 Å². The van der Waals surface area contributed by atoms with Gasteiger partial charge in [0.25, 0.3) is 0 Å². The standard InChI is InChI=1S/C11H18N2OS2/c1-8-10(16-11(12)13-8)15-7-3-5-9-4-2-6-14-9/h9H,2-7H2,1H3,(H2,12,13). The highest BCUT2D eigenvalue weighted by atomic mass is 32.2. The van der Waals surface area contributed by atoms with Crippen LogP contribution >= 0.6 is 23.1 Å². The quantitative estimate of drug-likeness (QED) is 0.651. The minimum Gasteiger partial charge on any atom is -0.378 e. The van der Waals surface area contributed by atoms with E-state index in [0.29, 0.717) is 11.2 Å². The highest BCUT2D eigenvalue weighted by molar-refractivity contribution is 8.01. The molecule has 1 aliphatic heterocycles. The second kappa shape index (κ2) is 5.89. The number of anilines is 1. The number of thiazole rings is 1. The van der Waals surface area contributed by atoms with Crippen LogP contribution in [0.3, 0.4) is 0 Å². The van der Waals surface area contributed by atoms with Crippen molar-refractivity contribution in [1.82, 2.24) is 4.98 Å². The molecule has 1 aromatic rings. The maximum Gasteiger partial charge on any atom is 0.181 e. The van der Waals surface area contributed by atoms with Gasteiger partial charge < -0.3 is 10.5 Å². The molecule has 0 aliphatic carbocycles. The Labute approximate surface area is 105 Å². The van der Waals surface area contributed by atoms with E-state index >= 15 is 0 Å². The van der Waals surface area contributed by atoms with Crippen molar-refractivity contribution >= 4 is 28.2 Å². The summed E-state index contributed by atoms with van der Waals surface area (Å²) in [5, 5.41) is 0.680. The molecule has 0 bridgehead atoms. The first-order valence-electron chi connectivity index (χ1n) is 5.73. The van der Waals surface area contributed by atoms with Gasteiger partial charge in [-0.2, -0.15) is 0 Å². The Kier molecular flexibility index (Phi) is 4.49. The van der Waals surface area contributed by atoms with E-state index in [0.717, 1.165) is 18.1 Å². The molecular formula is C11H18N2OS2. The molecule has 0 radical (unpaired) electrons. The number of thioether (sulfide) groups is 1. The van der Waals surface area contributed by atoms with Crippen LogP contribution in [0.2, 0.25) is 0 Å². The third-order valence-corrected chi connectivity index (χ3v) is 5.13. The zero-order valence-electron chi connectivity index (χ0n) is 9.57. The summed E-state index contributed by atoms with van der Waals surface area (Å²) in [4.78, 5) is 4.22. The number of nitrogen functional groups attached to an aromatic ring is 1. The Morgan fingerprint density at radius 1 is 1.62 bits per heavy atom. The van der Waals surface area contributed by atoms with Gasteiger partial charge in [0, 0.05) is 6.61 Å². The second-order valence-electron chi connectivity index (χ2n) is 4.05. The van der Waals surface area contributed by atoms with Crippen molar-refractivity contribution in [2.75, 3.05) is 18.1 Å². The third-order valence-electron chi connectivity index (χ3n) is 2.70. The molecular weight excluding hydrogens is 240 g/mol. The van der Waals surface area contributed by atoms with Crippen LogP contribution in [0, 0.1) is 6.92 Å². The smallest absolute Gasteiger partial charge is 0.181 e. The first-order valence-corrected chi connectivity index (χ1v) is 7.53. The molecule has 3 nitrogen and oxygen atoms in total. The zero-order chi connectivity index (χ0) is 11.4. The maximum absolute atomic E-state index is 5.66. The summed E-state index contributed by atoms with van der Waals surface area (Å²) in [6, 6.07) is 0. The summed E-state index contributed by atoms with van der Waals surface area (Å²) in [7, 11) is 0. The topological polar surface area (TPSA) is 48.1 Å². The van der Waals surface area contributed by atoms with Crippen molar-refractivity contribution < 1.29 is 4.74 Å². The van der Waals surface area contributed by atoms with Crippen LogP contribution in [0.5, 0.6) is 0 Å². The van der Waals surface area contributed by atoms with Gasteiger partial charge in [-0.25, -0.2) is 4.98 Å². The normalized spacial score (nSPS) is 20.4. The third kappa shape index (κ3) is 3.37. The summed E-state index contributed by atoms with van der Waals surface area (Å²) in [5.41, 5.74) is 6.73. The van der Waals surface area contributed by atoms with E-state index in [4.69, 9.17) is 10.5 Å². The van der Waals surface area contributed by atoms with E-state index in [1.807, 2.05) is 18.7 Å². The number of hydrogen-bond acceptors (Lipinski definition) is 5.